The molecule has 0 aliphatic heterocycles. The first-order valence-corrected chi connectivity index (χ1v) is 6.09. The third-order valence-electron chi connectivity index (χ3n) is 3.16. The monoisotopic (exact) mass is 276 g/mol. The number of benzene rings is 2. The first-order valence-electron chi connectivity index (χ1n) is 6.09. The van der Waals surface area contributed by atoms with Crippen molar-refractivity contribution in [3.05, 3.63) is 64.2 Å². The summed E-state index contributed by atoms with van der Waals surface area (Å²) in [6.45, 7) is 3.33. The van der Waals surface area contributed by atoms with Crippen molar-refractivity contribution in [2.75, 3.05) is 7.11 Å². The number of carbonyl (C=O) groups is 1. The summed E-state index contributed by atoms with van der Waals surface area (Å²) in [5, 5.41) is 0. The van der Waals surface area contributed by atoms with E-state index in [1.54, 1.807) is 18.2 Å². The number of rotatable bonds is 3. The second kappa shape index (κ2) is 5.41. The zero-order chi connectivity index (χ0) is 14.9. The Kier molecular flexibility index (Phi) is 3.84. The van der Waals surface area contributed by atoms with Gasteiger partial charge < -0.3 is 4.74 Å². The van der Waals surface area contributed by atoms with Gasteiger partial charge in [-0.15, -0.1) is 0 Å². The van der Waals surface area contributed by atoms with Crippen LogP contribution in [0.2, 0.25) is 0 Å². The quantitative estimate of drug-likeness (QED) is 0.797. The molecule has 0 saturated carbocycles. The molecule has 4 heteroatoms. The largest absolute Gasteiger partial charge is 0.496 e. The van der Waals surface area contributed by atoms with Crippen molar-refractivity contribution < 1.29 is 18.3 Å². The lowest BCUT2D eigenvalue weighted by molar-refractivity contribution is 0.103. The lowest BCUT2D eigenvalue weighted by Gasteiger charge is -2.08. The molecule has 2 rings (SSSR count). The highest BCUT2D eigenvalue weighted by atomic mass is 19.1. The van der Waals surface area contributed by atoms with Gasteiger partial charge >= 0.3 is 0 Å². The highest BCUT2D eigenvalue weighted by Gasteiger charge is 2.17. The van der Waals surface area contributed by atoms with Crippen LogP contribution in [-0.2, 0) is 0 Å². The Hall–Kier alpha value is -2.23. The molecule has 20 heavy (non-hydrogen) atoms. The van der Waals surface area contributed by atoms with E-state index < -0.39 is 17.4 Å². The molecule has 0 aliphatic carbocycles. The van der Waals surface area contributed by atoms with Crippen LogP contribution in [0.25, 0.3) is 0 Å². The minimum absolute atomic E-state index is 0.144. The lowest BCUT2D eigenvalue weighted by atomic mass is 9.99. The van der Waals surface area contributed by atoms with Gasteiger partial charge in [0.1, 0.15) is 17.4 Å². The van der Waals surface area contributed by atoms with Crippen LogP contribution in [0, 0.1) is 25.5 Å². The van der Waals surface area contributed by atoms with Crippen molar-refractivity contribution in [2.45, 2.75) is 13.8 Å². The van der Waals surface area contributed by atoms with Gasteiger partial charge in [-0.3, -0.25) is 4.79 Å². The van der Waals surface area contributed by atoms with Crippen molar-refractivity contribution >= 4 is 5.78 Å². The zero-order valence-corrected chi connectivity index (χ0v) is 11.5. The Labute approximate surface area is 116 Å². The van der Waals surface area contributed by atoms with Gasteiger partial charge in [0.25, 0.3) is 0 Å². The Bertz CT molecular complexity index is 678. The van der Waals surface area contributed by atoms with E-state index in [1.807, 2.05) is 6.92 Å². The van der Waals surface area contributed by atoms with E-state index in [-0.39, 0.29) is 11.1 Å². The molecule has 0 fully saturated rings. The van der Waals surface area contributed by atoms with E-state index >= 15 is 0 Å². The van der Waals surface area contributed by atoms with Crippen LogP contribution in [0.3, 0.4) is 0 Å². The van der Waals surface area contributed by atoms with Crippen LogP contribution in [0.5, 0.6) is 5.75 Å². The van der Waals surface area contributed by atoms with Crippen LogP contribution in [0.15, 0.2) is 30.3 Å². The molecule has 0 N–H and O–H groups in total. The molecule has 0 aromatic heterocycles. The second-order valence-electron chi connectivity index (χ2n) is 4.59. The standard InChI is InChI=1S/C16H14F2O2/c1-9-4-5-11(7-15(9)20-3)16(19)12-6-10(2)13(17)8-14(12)18/h4-8H,1-3H3. The molecule has 0 saturated heterocycles. The topological polar surface area (TPSA) is 26.3 Å². The Morgan fingerprint density at radius 1 is 1.00 bits per heavy atom. The highest BCUT2D eigenvalue weighted by molar-refractivity contribution is 6.09. The maximum absolute atomic E-state index is 13.7. The molecule has 104 valence electrons. The van der Waals surface area contributed by atoms with Gasteiger partial charge in [-0.25, -0.2) is 8.78 Å². The number of hydrogen-bond acceptors (Lipinski definition) is 2. The summed E-state index contributed by atoms with van der Waals surface area (Å²) in [5.74, 6) is -1.47. The van der Waals surface area contributed by atoms with Gasteiger partial charge in [-0.2, -0.15) is 0 Å². The number of aryl methyl sites for hydroxylation is 2. The number of ketones is 1. The average molecular weight is 276 g/mol. The number of ether oxygens (including phenoxy) is 1. The van der Waals surface area contributed by atoms with E-state index in [0.717, 1.165) is 11.6 Å². The highest BCUT2D eigenvalue weighted by Crippen LogP contribution is 2.23. The summed E-state index contributed by atoms with van der Waals surface area (Å²) in [4.78, 5) is 12.3. The first-order chi connectivity index (χ1) is 9.43. The zero-order valence-electron chi connectivity index (χ0n) is 11.5. The van der Waals surface area contributed by atoms with Crippen LogP contribution in [0.1, 0.15) is 27.0 Å². The fourth-order valence-corrected chi connectivity index (χ4v) is 1.95. The SMILES string of the molecule is COc1cc(C(=O)c2cc(C)c(F)cc2F)ccc1C. The molecule has 0 bridgehead atoms. The minimum atomic E-state index is -0.863. The molecule has 2 aromatic rings. The molecule has 2 aromatic carbocycles. The van der Waals surface area contributed by atoms with Gasteiger partial charge in [-0.05, 0) is 37.1 Å². The summed E-state index contributed by atoms with van der Waals surface area (Å²) < 4.78 is 32.1. The summed E-state index contributed by atoms with van der Waals surface area (Å²) in [5.41, 5.74) is 1.26. The number of carbonyl (C=O) groups excluding carboxylic acids is 1. The van der Waals surface area contributed by atoms with Crippen molar-refractivity contribution in [3.8, 4) is 5.75 Å². The normalized spacial score (nSPS) is 10.4. The molecule has 2 nitrogen and oxygen atoms in total. The number of hydrogen-bond donors (Lipinski definition) is 0. The molecular weight excluding hydrogens is 262 g/mol. The summed E-state index contributed by atoms with van der Waals surface area (Å²) >= 11 is 0. The molecule has 0 radical (unpaired) electrons. The summed E-state index contributed by atoms with van der Waals surface area (Å²) in [6.07, 6.45) is 0. The van der Waals surface area contributed by atoms with Gasteiger partial charge in [0.05, 0.1) is 12.7 Å². The predicted molar refractivity (Wildman–Crippen MR) is 72.3 cm³/mol. The van der Waals surface area contributed by atoms with E-state index in [1.165, 1.54) is 20.1 Å². The van der Waals surface area contributed by atoms with E-state index in [9.17, 15) is 13.6 Å². The molecular formula is C16H14F2O2. The summed E-state index contributed by atoms with van der Waals surface area (Å²) in [6, 6.07) is 6.82. The molecule has 0 amide bonds. The first kappa shape index (κ1) is 14.2. The third kappa shape index (κ3) is 2.54. The van der Waals surface area contributed by atoms with Gasteiger partial charge in [0, 0.05) is 11.6 Å². The molecule has 0 unspecified atom stereocenters. The van der Waals surface area contributed by atoms with Gasteiger partial charge in [0.15, 0.2) is 5.78 Å². The lowest BCUT2D eigenvalue weighted by Crippen LogP contribution is -2.06. The molecule has 0 atom stereocenters. The fraction of sp³-hybridized carbons (Fsp3) is 0.188. The van der Waals surface area contributed by atoms with Crippen molar-refractivity contribution in [3.63, 3.8) is 0 Å². The van der Waals surface area contributed by atoms with Crippen LogP contribution in [-0.4, -0.2) is 12.9 Å². The second-order valence-corrected chi connectivity index (χ2v) is 4.59. The number of halogens is 2. The van der Waals surface area contributed by atoms with Crippen LogP contribution < -0.4 is 4.74 Å². The minimum Gasteiger partial charge on any atom is -0.496 e. The Balaban J connectivity index is 2.49. The Morgan fingerprint density at radius 3 is 2.35 bits per heavy atom. The number of methoxy groups -OCH3 is 1. The van der Waals surface area contributed by atoms with E-state index in [2.05, 4.69) is 0 Å². The molecule has 0 heterocycles. The maximum Gasteiger partial charge on any atom is 0.196 e. The van der Waals surface area contributed by atoms with Crippen LogP contribution in [0.4, 0.5) is 8.78 Å². The van der Waals surface area contributed by atoms with Crippen LogP contribution >= 0.6 is 0 Å². The average Bonchev–Trinajstić information content (AvgIpc) is 2.42. The van der Waals surface area contributed by atoms with E-state index in [4.69, 9.17) is 4.74 Å². The van der Waals surface area contributed by atoms with Gasteiger partial charge in [0.2, 0.25) is 0 Å². The fourth-order valence-electron chi connectivity index (χ4n) is 1.95. The van der Waals surface area contributed by atoms with Crippen molar-refractivity contribution in [1.82, 2.24) is 0 Å². The van der Waals surface area contributed by atoms with Crippen molar-refractivity contribution in [2.24, 2.45) is 0 Å². The molecule has 0 spiro atoms. The van der Waals surface area contributed by atoms with Gasteiger partial charge in [-0.1, -0.05) is 12.1 Å². The maximum atomic E-state index is 13.7. The predicted octanol–water partition coefficient (Wildman–Crippen LogP) is 3.82. The Morgan fingerprint density at radius 2 is 1.70 bits per heavy atom. The third-order valence-corrected chi connectivity index (χ3v) is 3.16. The van der Waals surface area contributed by atoms with E-state index in [0.29, 0.717) is 11.3 Å². The summed E-state index contributed by atoms with van der Waals surface area (Å²) in [7, 11) is 1.50. The molecule has 0 aliphatic rings. The van der Waals surface area contributed by atoms with Crippen molar-refractivity contribution in [1.29, 1.82) is 0 Å². The smallest absolute Gasteiger partial charge is 0.196 e.